The van der Waals surface area contributed by atoms with E-state index in [0.29, 0.717) is 6.54 Å². The largest absolute Gasteiger partial charge is 0.357 e. The lowest BCUT2D eigenvalue weighted by Crippen LogP contribution is -2.44. The summed E-state index contributed by atoms with van der Waals surface area (Å²) in [7, 11) is 2.17. The Morgan fingerprint density at radius 1 is 1.10 bits per heavy atom. The van der Waals surface area contributed by atoms with E-state index < -0.39 is 0 Å². The predicted molar refractivity (Wildman–Crippen MR) is 139 cm³/mol. The van der Waals surface area contributed by atoms with Gasteiger partial charge in [0.25, 0.3) is 0 Å². The Morgan fingerprint density at radius 2 is 1.87 bits per heavy atom. The molecule has 0 amide bonds. The van der Waals surface area contributed by atoms with Crippen LogP contribution in [0.4, 0.5) is 5.82 Å². The predicted octanol–water partition coefficient (Wildman–Crippen LogP) is 3.30. The zero-order chi connectivity index (χ0) is 20.3. The van der Waals surface area contributed by atoms with Crippen molar-refractivity contribution in [3.8, 4) is 0 Å². The summed E-state index contributed by atoms with van der Waals surface area (Å²) in [6.45, 7) is 8.67. The fourth-order valence-corrected chi connectivity index (χ4v) is 3.92. The number of piperazine rings is 1. The van der Waals surface area contributed by atoms with E-state index in [2.05, 4.69) is 75.8 Å². The van der Waals surface area contributed by atoms with Crippen LogP contribution in [0.25, 0.3) is 0 Å². The average Bonchev–Trinajstić information content (AvgIpc) is 2.76. The molecule has 0 aliphatic carbocycles. The molecule has 0 unspecified atom stereocenters. The normalized spacial score (nSPS) is 14.9. The number of pyridine rings is 1. The first-order valence-electron chi connectivity index (χ1n) is 10.3. The van der Waals surface area contributed by atoms with Gasteiger partial charge in [-0.1, -0.05) is 18.2 Å². The van der Waals surface area contributed by atoms with Gasteiger partial charge in [-0.25, -0.2) is 9.98 Å². The maximum atomic E-state index is 4.76. The number of benzene rings is 1. The van der Waals surface area contributed by atoms with Gasteiger partial charge in [-0.05, 0) is 43.8 Å². The molecule has 1 aromatic heterocycles. The van der Waals surface area contributed by atoms with Gasteiger partial charge in [0.1, 0.15) is 5.82 Å². The average molecular weight is 541 g/mol. The maximum absolute atomic E-state index is 4.76. The Kier molecular flexibility index (Phi) is 11.3. The van der Waals surface area contributed by atoms with Gasteiger partial charge >= 0.3 is 0 Å². The summed E-state index contributed by atoms with van der Waals surface area (Å²) in [6, 6.07) is 14.7. The van der Waals surface area contributed by atoms with E-state index in [1.54, 1.807) is 0 Å². The smallest absolute Gasteiger partial charge is 0.191 e. The number of thioether (sulfide) groups is 1. The van der Waals surface area contributed by atoms with Crippen molar-refractivity contribution in [2.24, 2.45) is 4.99 Å². The number of aliphatic imine (C=N–C) groups is 1. The van der Waals surface area contributed by atoms with Crippen LogP contribution in [-0.2, 0) is 6.54 Å². The first-order valence-corrected chi connectivity index (χ1v) is 11.3. The number of guanidine groups is 1. The summed E-state index contributed by atoms with van der Waals surface area (Å²) in [5, 5.41) is 6.76. The molecule has 1 aliphatic rings. The molecule has 164 valence electrons. The molecule has 1 saturated heterocycles. The van der Waals surface area contributed by atoms with Crippen LogP contribution >= 0.6 is 35.7 Å². The zero-order valence-electron chi connectivity index (χ0n) is 17.9. The molecule has 30 heavy (non-hydrogen) atoms. The van der Waals surface area contributed by atoms with Gasteiger partial charge in [-0.15, -0.1) is 35.7 Å². The van der Waals surface area contributed by atoms with Crippen molar-refractivity contribution >= 4 is 47.5 Å². The lowest BCUT2D eigenvalue weighted by atomic mass is 10.2. The van der Waals surface area contributed by atoms with E-state index in [9.17, 15) is 0 Å². The summed E-state index contributed by atoms with van der Waals surface area (Å²) in [4.78, 5) is 15.3. The van der Waals surface area contributed by atoms with Gasteiger partial charge in [0.15, 0.2) is 5.96 Å². The second kappa shape index (κ2) is 13.7. The summed E-state index contributed by atoms with van der Waals surface area (Å²) in [6.07, 6.45) is 1.90. The number of halogens is 1. The van der Waals surface area contributed by atoms with Crippen LogP contribution in [0.15, 0.2) is 58.5 Å². The van der Waals surface area contributed by atoms with Gasteiger partial charge in [0.2, 0.25) is 0 Å². The third kappa shape index (κ3) is 8.31. The van der Waals surface area contributed by atoms with Crippen molar-refractivity contribution in [2.45, 2.75) is 18.4 Å². The van der Waals surface area contributed by atoms with Gasteiger partial charge < -0.3 is 20.4 Å². The first-order chi connectivity index (χ1) is 14.2. The molecule has 2 heterocycles. The van der Waals surface area contributed by atoms with Crippen LogP contribution < -0.4 is 15.5 Å². The second-order valence-corrected chi connectivity index (χ2v) is 8.26. The Labute approximate surface area is 201 Å². The molecule has 3 rings (SSSR count). The molecule has 1 aliphatic heterocycles. The minimum Gasteiger partial charge on any atom is -0.357 e. The van der Waals surface area contributed by atoms with Crippen molar-refractivity contribution in [3.05, 3.63) is 54.2 Å². The van der Waals surface area contributed by atoms with Crippen LogP contribution in [0, 0.1) is 0 Å². The van der Waals surface area contributed by atoms with Crippen LogP contribution in [0.1, 0.15) is 12.5 Å². The molecule has 0 saturated carbocycles. The van der Waals surface area contributed by atoms with Gasteiger partial charge in [-0.3, -0.25) is 0 Å². The molecule has 1 aromatic carbocycles. The van der Waals surface area contributed by atoms with Gasteiger partial charge in [-0.2, -0.15) is 0 Å². The Bertz CT molecular complexity index is 765. The number of rotatable bonds is 8. The summed E-state index contributed by atoms with van der Waals surface area (Å²) >= 11 is 1.85. The highest BCUT2D eigenvalue weighted by Gasteiger charge is 2.15. The molecule has 0 radical (unpaired) electrons. The van der Waals surface area contributed by atoms with E-state index in [4.69, 9.17) is 4.99 Å². The number of hydrogen-bond acceptors (Lipinski definition) is 5. The highest BCUT2D eigenvalue weighted by molar-refractivity contribution is 14.0. The summed E-state index contributed by atoms with van der Waals surface area (Å²) < 4.78 is 0. The lowest BCUT2D eigenvalue weighted by Gasteiger charge is -2.33. The molecule has 2 aromatic rings. The summed E-state index contributed by atoms with van der Waals surface area (Å²) in [5.74, 6) is 2.92. The van der Waals surface area contributed by atoms with Crippen LogP contribution in [0.3, 0.4) is 0 Å². The molecule has 0 atom stereocenters. The van der Waals surface area contributed by atoms with E-state index in [1.165, 1.54) is 10.5 Å². The first kappa shape index (κ1) is 24.7. The third-order valence-corrected chi connectivity index (χ3v) is 5.82. The number of nitrogens with one attached hydrogen (secondary N) is 2. The van der Waals surface area contributed by atoms with E-state index in [-0.39, 0.29) is 24.0 Å². The molecular formula is C22H33IN6S. The quantitative estimate of drug-likeness (QED) is 0.176. The third-order valence-electron chi connectivity index (χ3n) is 4.81. The molecule has 1 fully saturated rings. The standard InChI is InChI=1S/C22H32N6S.HI/c1-3-23-22(25-11-16-29-20-7-5-4-6-8-20)26-18-19-9-10-24-21(17-19)28-14-12-27(2)13-15-28;/h4-10,17H,3,11-16,18H2,1-2H3,(H2,23,25,26);1H. The monoisotopic (exact) mass is 540 g/mol. The Balaban J connectivity index is 0.00000320. The Morgan fingerprint density at radius 3 is 2.60 bits per heavy atom. The van der Waals surface area contributed by atoms with Crippen LogP contribution in [-0.4, -0.2) is 67.9 Å². The number of aromatic nitrogens is 1. The fraction of sp³-hybridized carbons (Fsp3) is 0.455. The van der Waals surface area contributed by atoms with Crippen molar-refractivity contribution < 1.29 is 0 Å². The molecule has 8 heteroatoms. The maximum Gasteiger partial charge on any atom is 0.191 e. The molecule has 0 spiro atoms. The van der Waals surface area contributed by atoms with E-state index >= 15 is 0 Å². The summed E-state index contributed by atoms with van der Waals surface area (Å²) in [5.41, 5.74) is 1.18. The lowest BCUT2D eigenvalue weighted by molar-refractivity contribution is 0.312. The van der Waals surface area contributed by atoms with Crippen LogP contribution in [0.5, 0.6) is 0 Å². The zero-order valence-corrected chi connectivity index (χ0v) is 21.0. The van der Waals surface area contributed by atoms with Crippen molar-refractivity contribution in [2.75, 3.05) is 57.0 Å². The minimum absolute atomic E-state index is 0. The van der Waals surface area contributed by atoms with Crippen molar-refractivity contribution in [3.63, 3.8) is 0 Å². The van der Waals surface area contributed by atoms with E-state index in [0.717, 1.165) is 56.8 Å². The number of anilines is 1. The van der Waals surface area contributed by atoms with Crippen molar-refractivity contribution in [1.82, 2.24) is 20.5 Å². The Hall–Kier alpha value is -1.52. The highest BCUT2D eigenvalue weighted by atomic mass is 127. The van der Waals surface area contributed by atoms with Crippen LogP contribution in [0.2, 0.25) is 0 Å². The number of likely N-dealkylation sites (N-methyl/N-ethyl adjacent to an activating group) is 1. The highest BCUT2D eigenvalue weighted by Crippen LogP contribution is 2.16. The second-order valence-electron chi connectivity index (χ2n) is 7.10. The molecule has 6 nitrogen and oxygen atoms in total. The van der Waals surface area contributed by atoms with E-state index in [1.807, 2.05) is 24.0 Å². The molecule has 2 N–H and O–H groups in total. The SMILES string of the molecule is CCNC(=NCc1ccnc(N2CCN(C)CC2)c1)NCCSc1ccccc1.I. The van der Waals surface area contributed by atoms with Crippen molar-refractivity contribution in [1.29, 1.82) is 0 Å². The topological polar surface area (TPSA) is 55.8 Å². The van der Waals surface area contributed by atoms with Gasteiger partial charge in [0.05, 0.1) is 6.54 Å². The molecular weight excluding hydrogens is 507 g/mol. The number of hydrogen-bond donors (Lipinski definition) is 2. The number of nitrogens with zero attached hydrogens (tertiary/aromatic N) is 4. The molecule has 0 bridgehead atoms. The van der Waals surface area contributed by atoms with Gasteiger partial charge in [0, 0.05) is 56.1 Å². The fourth-order valence-electron chi connectivity index (χ4n) is 3.13. The minimum atomic E-state index is 0.